The van der Waals surface area contributed by atoms with Crippen molar-refractivity contribution in [2.75, 3.05) is 7.11 Å². The second kappa shape index (κ2) is 13.0. The normalized spacial score (nSPS) is 12.5. The molecule has 0 unspecified atom stereocenters. The van der Waals surface area contributed by atoms with Gasteiger partial charge in [-0.15, -0.1) is 0 Å². The summed E-state index contributed by atoms with van der Waals surface area (Å²) in [5.41, 5.74) is 2.72. The fraction of sp³-hybridized carbons (Fsp3) is 0.310. The lowest BCUT2D eigenvalue weighted by Gasteiger charge is -2.32. The van der Waals surface area contributed by atoms with Crippen LogP contribution in [0.4, 0.5) is 0 Å². The molecule has 1 N–H and O–H groups in total. The number of rotatable bonds is 11. The van der Waals surface area contributed by atoms with Crippen molar-refractivity contribution in [3.05, 3.63) is 101 Å². The Morgan fingerprint density at radius 3 is 2.26 bits per heavy atom. The highest BCUT2D eigenvalue weighted by Gasteiger charge is 2.31. The van der Waals surface area contributed by atoms with Gasteiger partial charge in [0.25, 0.3) is 0 Å². The standard InChI is InChI=1S/C29H33ClN2O3/c1-4-21(2)31-29(34)27(18-22-9-6-5-7-10-22)32(20-24-11-8-12-25(30)17-24)28(33)19-23-13-15-26(35-3)16-14-23/h5-17,21,27H,4,18-20H2,1-3H3,(H,31,34)/t21-,27-/m0/s1. The fourth-order valence-electron chi connectivity index (χ4n) is 3.85. The predicted molar refractivity (Wildman–Crippen MR) is 141 cm³/mol. The molecule has 0 fully saturated rings. The van der Waals surface area contributed by atoms with Crippen LogP contribution in [-0.4, -0.2) is 35.9 Å². The molecule has 184 valence electrons. The zero-order valence-corrected chi connectivity index (χ0v) is 21.3. The number of nitrogens with one attached hydrogen (secondary N) is 1. The molecule has 3 aromatic rings. The highest BCUT2D eigenvalue weighted by molar-refractivity contribution is 6.30. The minimum atomic E-state index is -0.670. The van der Waals surface area contributed by atoms with E-state index in [1.807, 2.05) is 86.6 Å². The molecule has 6 heteroatoms. The van der Waals surface area contributed by atoms with Crippen molar-refractivity contribution < 1.29 is 14.3 Å². The lowest BCUT2D eigenvalue weighted by Crippen LogP contribution is -2.52. The molecule has 0 radical (unpaired) electrons. The molecule has 0 aliphatic carbocycles. The summed E-state index contributed by atoms with van der Waals surface area (Å²) in [5, 5.41) is 3.68. The third-order valence-electron chi connectivity index (χ3n) is 6.03. The van der Waals surface area contributed by atoms with Crippen LogP contribution in [0.1, 0.15) is 37.0 Å². The van der Waals surface area contributed by atoms with E-state index in [1.54, 1.807) is 18.1 Å². The number of methoxy groups -OCH3 is 1. The van der Waals surface area contributed by atoms with Crippen LogP contribution in [0.2, 0.25) is 5.02 Å². The number of hydrogen-bond acceptors (Lipinski definition) is 3. The first kappa shape index (κ1) is 26.3. The van der Waals surface area contributed by atoms with Gasteiger partial charge in [0, 0.05) is 24.0 Å². The average Bonchev–Trinajstić information content (AvgIpc) is 2.87. The van der Waals surface area contributed by atoms with Crippen LogP contribution in [0.5, 0.6) is 5.75 Å². The Morgan fingerprint density at radius 2 is 1.63 bits per heavy atom. The maximum Gasteiger partial charge on any atom is 0.243 e. The van der Waals surface area contributed by atoms with Gasteiger partial charge < -0.3 is 15.0 Å². The average molecular weight is 493 g/mol. The van der Waals surface area contributed by atoms with Gasteiger partial charge in [0.2, 0.25) is 11.8 Å². The van der Waals surface area contributed by atoms with Crippen LogP contribution in [-0.2, 0) is 29.0 Å². The molecule has 2 atom stereocenters. The van der Waals surface area contributed by atoms with Gasteiger partial charge in [-0.1, -0.05) is 73.1 Å². The zero-order valence-electron chi connectivity index (χ0n) is 20.5. The van der Waals surface area contributed by atoms with Crippen molar-refractivity contribution in [2.45, 2.75) is 51.7 Å². The van der Waals surface area contributed by atoms with Gasteiger partial charge in [0.1, 0.15) is 11.8 Å². The van der Waals surface area contributed by atoms with E-state index in [-0.39, 0.29) is 30.8 Å². The topological polar surface area (TPSA) is 58.6 Å². The first-order valence-electron chi connectivity index (χ1n) is 11.9. The summed E-state index contributed by atoms with van der Waals surface area (Å²) in [7, 11) is 1.61. The van der Waals surface area contributed by atoms with Crippen LogP contribution in [0.3, 0.4) is 0 Å². The number of hydrogen-bond donors (Lipinski definition) is 1. The third kappa shape index (κ3) is 7.86. The van der Waals surface area contributed by atoms with Gasteiger partial charge in [-0.05, 0) is 54.3 Å². The monoisotopic (exact) mass is 492 g/mol. The lowest BCUT2D eigenvalue weighted by atomic mass is 10.0. The van der Waals surface area contributed by atoms with Gasteiger partial charge >= 0.3 is 0 Å². The minimum absolute atomic E-state index is 0.00508. The Hall–Kier alpha value is -3.31. The molecule has 0 aromatic heterocycles. The van der Waals surface area contributed by atoms with E-state index in [0.717, 1.165) is 28.9 Å². The summed E-state index contributed by atoms with van der Waals surface area (Å²) in [4.78, 5) is 28.9. The number of carbonyl (C=O) groups is 2. The molecule has 0 saturated heterocycles. The maximum atomic E-state index is 13.7. The molecule has 0 bridgehead atoms. The Bertz CT molecular complexity index is 1100. The summed E-state index contributed by atoms with van der Waals surface area (Å²) in [6.07, 6.45) is 1.39. The molecule has 35 heavy (non-hydrogen) atoms. The van der Waals surface area contributed by atoms with Crippen molar-refractivity contribution in [2.24, 2.45) is 0 Å². The quantitative estimate of drug-likeness (QED) is 0.387. The summed E-state index contributed by atoms with van der Waals surface area (Å²) in [6, 6.07) is 24.0. The Balaban J connectivity index is 1.95. The summed E-state index contributed by atoms with van der Waals surface area (Å²) < 4.78 is 5.23. The van der Waals surface area contributed by atoms with Crippen molar-refractivity contribution in [1.82, 2.24) is 10.2 Å². The van der Waals surface area contributed by atoms with Crippen molar-refractivity contribution in [3.63, 3.8) is 0 Å². The van der Waals surface area contributed by atoms with E-state index < -0.39 is 6.04 Å². The van der Waals surface area contributed by atoms with Crippen LogP contribution in [0.25, 0.3) is 0 Å². The number of halogens is 1. The second-order valence-electron chi connectivity index (χ2n) is 8.70. The van der Waals surface area contributed by atoms with Crippen molar-refractivity contribution in [3.8, 4) is 5.75 Å². The first-order valence-corrected chi connectivity index (χ1v) is 12.3. The van der Waals surface area contributed by atoms with Crippen LogP contribution >= 0.6 is 11.6 Å². The number of carbonyl (C=O) groups excluding carboxylic acids is 2. The molecule has 0 aliphatic heterocycles. The third-order valence-corrected chi connectivity index (χ3v) is 6.26. The molecule has 5 nitrogen and oxygen atoms in total. The molecule has 0 heterocycles. The number of benzene rings is 3. The smallest absolute Gasteiger partial charge is 0.243 e. The first-order chi connectivity index (χ1) is 16.9. The molecule has 2 amide bonds. The minimum Gasteiger partial charge on any atom is -0.497 e. The molecule has 0 spiro atoms. The van der Waals surface area contributed by atoms with Gasteiger partial charge in [-0.3, -0.25) is 9.59 Å². The van der Waals surface area contributed by atoms with Crippen LogP contribution in [0.15, 0.2) is 78.9 Å². The summed E-state index contributed by atoms with van der Waals surface area (Å²) >= 11 is 6.23. The summed E-state index contributed by atoms with van der Waals surface area (Å²) in [5.74, 6) is 0.440. The van der Waals surface area contributed by atoms with E-state index >= 15 is 0 Å². The van der Waals surface area contributed by atoms with E-state index in [2.05, 4.69) is 5.32 Å². The van der Waals surface area contributed by atoms with Crippen molar-refractivity contribution in [1.29, 1.82) is 0 Å². The number of ether oxygens (including phenoxy) is 1. The number of amides is 2. The van der Waals surface area contributed by atoms with E-state index in [0.29, 0.717) is 11.4 Å². The van der Waals surface area contributed by atoms with Crippen LogP contribution in [0, 0.1) is 0 Å². The maximum absolute atomic E-state index is 13.7. The van der Waals surface area contributed by atoms with Crippen molar-refractivity contribution >= 4 is 23.4 Å². The fourth-order valence-corrected chi connectivity index (χ4v) is 4.06. The van der Waals surface area contributed by atoms with E-state index in [4.69, 9.17) is 16.3 Å². The molecule has 3 rings (SSSR count). The highest BCUT2D eigenvalue weighted by atomic mass is 35.5. The van der Waals surface area contributed by atoms with Gasteiger partial charge in [-0.25, -0.2) is 0 Å². The van der Waals surface area contributed by atoms with Gasteiger partial charge in [0.05, 0.1) is 13.5 Å². The Labute approximate surface area is 213 Å². The largest absolute Gasteiger partial charge is 0.497 e. The van der Waals surface area contributed by atoms with Gasteiger partial charge in [0.15, 0.2) is 0 Å². The predicted octanol–water partition coefficient (Wildman–Crippen LogP) is 5.45. The van der Waals surface area contributed by atoms with E-state index in [9.17, 15) is 9.59 Å². The Kier molecular flexibility index (Phi) is 9.74. The molecule has 0 saturated carbocycles. The molecular formula is C29H33ClN2O3. The summed E-state index contributed by atoms with van der Waals surface area (Å²) in [6.45, 7) is 4.27. The Morgan fingerprint density at radius 1 is 0.943 bits per heavy atom. The second-order valence-corrected chi connectivity index (χ2v) is 9.14. The van der Waals surface area contributed by atoms with Crippen LogP contribution < -0.4 is 10.1 Å². The number of nitrogens with zero attached hydrogens (tertiary/aromatic N) is 1. The zero-order chi connectivity index (χ0) is 25.2. The molecular weight excluding hydrogens is 460 g/mol. The lowest BCUT2D eigenvalue weighted by molar-refractivity contribution is -0.141. The van der Waals surface area contributed by atoms with Gasteiger partial charge in [-0.2, -0.15) is 0 Å². The van der Waals surface area contributed by atoms with E-state index in [1.165, 1.54) is 0 Å². The SMILES string of the molecule is CC[C@H](C)NC(=O)[C@H](Cc1ccccc1)N(Cc1cccc(Cl)c1)C(=O)Cc1ccc(OC)cc1. The highest BCUT2D eigenvalue weighted by Crippen LogP contribution is 2.20. The molecule has 3 aromatic carbocycles. The molecule has 0 aliphatic rings.